The maximum absolute atomic E-state index is 11.7. The topological polar surface area (TPSA) is 26.3 Å². The van der Waals surface area contributed by atoms with Gasteiger partial charge in [0.2, 0.25) is 0 Å². The number of aryl methyl sites for hydroxylation is 1. The van der Waals surface area contributed by atoms with Crippen LogP contribution in [0.2, 0.25) is 0 Å². The van der Waals surface area contributed by atoms with Gasteiger partial charge in [-0.15, -0.1) is 0 Å². The Morgan fingerprint density at radius 1 is 1.47 bits per heavy atom. The van der Waals surface area contributed by atoms with E-state index in [2.05, 4.69) is 6.92 Å². The zero-order valence-corrected chi connectivity index (χ0v) is 9.62. The summed E-state index contributed by atoms with van der Waals surface area (Å²) in [4.78, 5) is 11.7. The number of rotatable bonds is 4. The van der Waals surface area contributed by atoms with Crippen LogP contribution < -0.4 is 0 Å². The molecule has 1 aromatic carbocycles. The lowest BCUT2D eigenvalue weighted by molar-refractivity contribution is 0.0323. The van der Waals surface area contributed by atoms with Crippen molar-refractivity contribution in [3.8, 4) is 0 Å². The van der Waals surface area contributed by atoms with Gasteiger partial charge in [-0.3, -0.25) is 0 Å². The molecule has 0 saturated carbocycles. The SMILES string of the molecule is CCCC(C)OC(=O)c1cccc(C)c1. The molecular weight excluding hydrogens is 188 g/mol. The highest BCUT2D eigenvalue weighted by Gasteiger charge is 2.10. The monoisotopic (exact) mass is 206 g/mol. The van der Waals surface area contributed by atoms with E-state index in [-0.39, 0.29) is 12.1 Å². The number of hydrogen-bond donors (Lipinski definition) is 0. The molecule has 2 heteroatoms. The van der Waals surface area contributed by atoms with Gasteiger partial charge in [0, 0.05) is 0 Å². The second kappa shape index (κ2) is 5.54. The fraction of sp³-hybridized carbons (Fsp3) is 0.462. The predicted molar refractivity (Wildman–Crippen MR) is 61.0 cm³/mol. The maximum atomic E-state index is 11.7. The highest BCUT2D eigenvalue weighted by molar-refractivity contribution is 5.89. The Morgan fingerprint density at radius 2 is 2.20 bits per heavy atom. The quantitative estimate of drug-likeness (QED) is 0.706. The molecule has 0 bridgehead atoms. The third kappa shape index (κ3) is 3.74. The molecular formula is C13H18O2. The first kappa shape index (κ1) is 11.8. The van der Waals surface area contributed by atoms with Gasteiger partial charge in [0.15, 0.2) is 0 Å². The summed E-state index contributed by atoms with van der Waals surface area (Å²) in [6.07, 6.45) is 1.95. The first-order chi connectivity index (χ1) is 7.13. The Morgan fingerprint density at radius 3 is 2.80 bits per heavy atom. The normalized spacial score (nSPS) is 12.2. The van der Waals surface area contributed by atoms with Gasteiger partial charge in [-0.25, -0.2) is 4.79 Å². The predicted octanol–water partition coefficient (Wildman–Crippen LogP) is 3.34. The molecule has 0 aliphatic rings. The minimum Gasteiger partial charge on any atom is -0.459 e. The lowest BCUT2D eigenvalue weighted by Crippen LogP contribution is -2.14. The Labute approximate surface area is 91.3 Å². The van der Waals surface area contributed by atoms with Crippen molar-refractivity contribution in [1.29, 1.82) is 0 Å². The fourth-order valence-electron chi connectivity index (χ4n) is 1.49. The van der Waals surface area contributed by atoms with Crippen LogP contribution in [0.1, 0.15) is 42.6 Å². The molecule has 15 heavy (non-hydrogen) atoms. The maximum Gasteiger partial charge on any atom is 0.338 e. The van der Waals surface area contributed by atoms with Gasteiger partial charge in [-0.2, -0.15) is 0 Å². The van der Waals surface area contributed by atoms with Crippen LogP contribution in [0.3, 0.4) is 0 Å². The van der Waals surface area contributed by atoms with Crippen LogP contribution in [0.25, 0.3) is 0 Å². The van der Waals surface area contributed by atoms with Crippen LogP contribution in [0.5, 0.6) is 0 Å². The number of esters is 1. The standard InChI is InChI=1S/C13H18O2/c1-4-6-11(3)15-13(14)12-8-5-7-10(2)9-12/h5,7-9,11H,4,6H2,1-3H3. The van der Waals surface area contributed by atoms with E-state index < -0.39 is 0 Å². The molecule has 0 spiro atoms. The molecule has 1 rings (SSSR count). The lowest BCUT2D eigenvalue weighted by Gasteiger charge is -2.12. The molecule has 82 valence electrons. The van der Waals surface area contributed by atoms with Crippen molar-refractivity contribution in [2.75, 3.05) is 0 Å². The van der Waals surface area contributed by atoms with Crippen LogP contribution in [-0.2, 0) is 4.74 Å². The smallest absolute Gasteiger partial charge is 0.338 e. The highest BCUT2D eigenvalue weighted by Crippen LogP contribution is 2.09. The van der Waals surface area contributed by atoms with Crippen molar-refractivity contribution >= 4 is 5.97 Å². The van der Waals surface area contributed by atoms with E-state index in [1.54, 1.807) is 6.07 Å². The van der Waals surface area contributed by atoms with Gasteiger partial charge in [0.25, 0.3) is 0 Å². The van der Waals surface area contributed by atoms with Gasteiger partial charge >= 0.3 is 5.97 Å². The molecule has 0 fully saturated rings. The second-order valence-corrected chi connectivity index (χ2v) is 3.87. The summed E-state index contributed by atoms with van der Waals surface area (Å²) in [5.74, 6) is -0.223. The summed E-state index contributed by atoms with van der Waals surface area (Å²) in [5.41, 5.74) is 1.71. The molecule has 1 unspecified atom stereocenters. The first-order valence-electron chi connectivity index (χ1n) is 5.41. The minimum absolute atomic E-state index is 0.00279. The Kier molecular flexibility index (Phi) is 4.35. The first-order valence-corrected chi connectivity index (χ1v) is 5.41. The van der Waals surface area contributed by atoms with Gasteiger partial charge in [-0.05, 0) is 32.4 Å². The summed E-state index contributed by atoms with van der Waals surface area (Å²) < 4.78 is 5.29. The van der Waals surface area contributed by atoms with Crippen molar-refractivity contribution in [3.05, 3.63) is 35.4 Å². The van der Waals surface area contributed by atoms with Crippen LogP contribution in [-0.4, -0.2) is 12.1 Å². The zero-order valence-electron chi connectivity index (χ0n) is 9.62. The third-order valence-electron chi connectivity index (χ3n) is 2.26. The van der Waals surface area contributed by atoms with Gasteiger partial charge in [-0.1, -0.05) is 31.0 Å². The average Bonchev–Trinajstić information content (AvgIpc) is 2.18. The van der Waals surface area contributed by atoms with E-state index in [9.17, 15) is 4.79 Å². The number of carbonyl (C=O) groups excluding carboxylic acids is 1. The van der Waals surface area contributed by atoms with Gasteiger partial charge < -0.3 is 4.74 Å². The lowest BCUT2D eigenvalue weighted by atomic mass is 10.1. The van der Waals surface area contributed by atoms with Crippen LogP contribution in [0, 0.1) is 6.92 Å². The number of benzene rings is 1. The molecule has 1 atom stereocenters. The Hall–Kier alpha value is -1.31. The zero-order chi connectivity index (χ0) is 11.3. The number of carbonyl (C=O) groups is 1. The van der Waals surface area contributed by atoms with E-state index >= 15 is 0 Å². The number of ether oxygens (including phenoxy) is 1. The molecule has 0 radical (unpaired) electrons. The molecule has 0 aliphatic carbocycles. The Balaban J connectivity index is 2.61. The molecule has 0 aliphatic heterocycles. The summed E-state index contributed by atoms with van der Waals surface area (Å²) in [5, 5.41) is 0. The van der Waals surface area contributed by atoms with E-state index in [1.165, 1.54) is 0 Å². The van der Waals surface area contributed by atoms with Gasteiger partial charge in [0.1, 0.15) is 0 Å². The molecule has 0 heterocycles. The average molecular weight is 206 g/mol. The molecule has 2 nitrogen and oxygen atoms in total. The minimum atomic E-state index is -0.223. The summed E-state index contributed by atoms with van der Waals surface area (Å²) in [7, 11) is 0. The Bertz CT molecular complexity index is 331. The summed E-state index contributed by atoms with van der Waals surface area (Å²) in [6.45, 7) is 5.97. The largest absolute Gasteiger partial charge is 0.459 e. The summed E-state index contributed by atoms with van der Waals surface area (Å²) >= 11 is 0. The molecule has 1 aromatic rings. The van der Waals surface area contributed by atoms with E-state index in [0.717, 1.165) is 18.4 Å². The molecule has 0 saturated heterocycles. The van der Waals surface area contributed by atoms with Crippen LogP contribution >= 0.6 is 0 Å². The summed E-state index contributed by atoms with van der Waals surface area (Å²) in [6, 6.07) is 7.47. The van der Waals surface area contributed by atoms with Crippen molar-refractivity contribution in [2.24, 2.45) is 0 Å². The fourth-order valence-corrected chi connectivity index (χ4v) is 1.49. The molecule has 0 N–H and O–H groups in total. The van der Waals surface area contributed by atoms with Crippen molar-refractivity contribution in [2.45, 2.75) is 39.7 Å². The molecule has 0 amide bonds. The molecule has 0 aromatic heterocycles. The third-order valence-corrected chi connectivity index (χ3v) is 2.26. The van der Waals surface area contributed by atoms with Gasteiger partial charge in [0.05, 0.1) is 11.7 Å². The van der Waals surface area contributed by atoms with Crippen molar-refractivity contribution in [1.82, 2.24) is 0 Å². The van der Waals surface area contributed by atoms with Crippen LogP contribution in [0.15, 0.2) is 24.3 Å². The second-order valence-electron chi connectivity index (χ2n) is 3.87. The highest BCUT2D eigenvalue weighted by atomic mass is 16.5. The van der Waals surface area contributed by atoms with E-state index in [1.807, 2.05) is 32.0 Å². The van der Waals surface area contributed by atoms with E-state index in [4.69, 9.17) is 4.74 Å². The van der Waals surface area contributed by atoms with E-state index in [0.29, 0.717) is 5.56 Å². The van der Waals surface area contributed by atoms with Crippen molar-refractivity contribution < 1.29 is 9.53 Å². The number of hydrogen-bond acceptors (Lipinski definition) is 2. The van der Waals surface area contributed by atoms with Crippen molar-refractivity contribution in [3.63, 3.8) is 0 Å². The van der Waals surface area contributed by atoms with Crippen LogP contribution in [0.4, 0.5) is 0 Å².